The molecule has 1 aromatic carbocycles. The number of hydrogen-bond donors (Lipinski definition) is 1. The summed E-state index contributed by atoms with van der Waals surface area (Å²) in [7, 11) is 5.69. The van der Waals surface area contributed by atoms with Crippen LogP contribution in [0.4, 0.5) is 0 Å². The summed E-state index contributed by atoms with van der Waals surface area (Å²) < 4.78 is 6.91. The number of rotatable bonds is 5. The second kappa shape index (κ2) is 6.28. The Kier molecular flexibility index (Phi) is 4.65. The van der Waals surface area contributed by atoms with Gasteiger partial charge in [-0.15, -0.1) is 0 Å². The van der Waals surface area contributed by atoms with Gasteiger partial charge in [0.05, 0.1) is 18.7 Å². The van der Waals surface area contributed by atoms with Crippen molar-refractivity contribution >= 4 is 16.8 Å². The van der Waals surface area contributed by atoms with Gasteiger partial charge in [-0.1, -0.05) is 0 Å². The number of ether oxygens (including phenoxy) is 1. The molecule has 0 fully saturated rings. The molecule has 1 heterocycles. The fraction of sp³-hybridized carbons (Fsp3) is 0.438. The molecule has 0 bridgehead atoms. The predicted molar refractivity (Wildman–Crippen MR) is 85.0 cm³/mol. The SMILES string of the molecule is COc1ccc2c(CCN(C)C)cn(C(=O)[C@H](C)N)c2c1. The Morgan fingerprint density at radius 3 is 2.71 bits per heavy atom. The molecular weight excluding hydrogens is 266 g/mol. The molecule has 1 aromatic heterocycles. The van der Waals surface area contributed by atoms with Gasteiger partial charge in [-0.25, -0.2) is 0 Å². The van der Waals surface area contributed by atoms with E-state index in [-0.39, 0.29) is 5.91 Å². The summed E-state index contributed by atoms with van der Waals surface area (Å²) in [6.45, 7) is 2.63. The summed E-state index contributed by atoms with van der Waals surface area (Å²) in [6, 6.07) is 5.27. The van der Waals surface area contributed by atoms with Gasteiger partial charge in [0.25, 0.3) is 0 Å². The van der Waals surface area contributed by atoms with Gasteiger partial charge < -0.3 is 15.4 Å². The van der Waals surface area contributed by atoms with Crippen molar-refractivity contribution in [2.75, 3.05) is 27.7 Å². The number of fused-ring (bicyclic) bond motifs is 1. The third-order valence-electron chi connectivity index (χ3n) is 3.55. The third-order valence-corrected chi connectivity index (χ3v) is 3.55. The second-order valence-corrected chi connectivity index (χ2v) is 5.59. The van der Waals surface area contributed by atoms with Crippen LogP contribution >= 0.6 is 0 Å². The lowest BCUT2D eigenvalue weighted by molar-refractivity contribution is 0.0892. The second-order valence-electron chi connectivity index (χ2n) is 5.59. The van der Waals surface area contributed by atoms with E-state index in [1.165, 1.54) is 0 Å². The van der Waals surface area contributed by atoms with Crippen LogP contribution in [0.25, 0.3) is 10.9 Å². The maximum absolute atomic E-state index is 12.3. The average molecular weight is 289 g/mol. The summed E-state index contributed by atoms with van der Waals surface area (Å²) in [5.41, 5.74) is 7.75. The highest BCUT2D eigenvalue weighted by atomic mass is 16.5. The molecule has 2 aromatic rings. The summed E-state index contributed by atoms with van der Waals surface area (Å²) in [6.07, 6.45) is 2.79. The molecule has 1 atom stereocenters. The Labute approximate surface area is 125 Å². The fourth-order valence-electron chi connectivity index (χ4n) is 2.35. The number of carbonyl (C=O) groups excluding carboxylic acids is 1. The Hall–Kier alpha value is -1.85. The molecule has 21 heavy (non-hydrogen) atoms. The average Bonchev–Trinajstić information content (AvgIpc) is 2.81. The molecule has 2 rings (SSSR count). The van der Waals surface area contributed by atoms with Gasteiger partial charge in [-0.05, 0) is 45.1 Å². The van der Waals surface area contributed by atoms with Crippen LogP contribution in [0.2, 0.25) is 0 Å². The number of nitrogens with zero attached hydrogens (tertiary/aromatic N) is 2. The van der Waals surface area contributed by atoms with Gasteiger partial charge in [0.2, 0.25) is 5.91 Å². The molecule has 2 N–H and O–H groups in total. The van der Waals surface area contributed by atoms with E-state index in [9.17, 15) is 4.79 Å². The molecule has 0 saturated carbocycles. The number of methoxy groups -OCH3 is 1. The molecule has 0 aliphatic heterocycles. The van der Waals surface area contributed by atoms with Crippen molar-refractivity contribution in [3.8, 4) is 5.75 Å². The van der Waals surface area contributed by atoms with E-state index < -0.39 is 6.04 Å². The van der Waals surface area contributed by atoms with Crippen molar-refractivity contribution in [2.45, 2.75) is 19.4 Å². The normalized spacial score (nSPS) is 12.9. The Bertz CT molecular complexity index is 644. The number of carbonyl (C=O) groups is 1. The Morgan fingerprint density at radius 1 is 1.43 bits per heavy atom. The van der Waals surface area contributed by atoms with Gasteiger partial charge in [-0.3, -0.25) is 9.36 Å². The van der Waals surface area contributed by atoms with Crippen molar-refractivity contribution in [3.05, 3.63) is 30.0 Å². The van der Waals surface area contributed by atoms with E-state index in [1.807, 2.05) is 38.5 Å². The van der Waals surface area contributed by atoms with E-state index in [2.05, 4.69) is 4.90 Å². The zero-order valence-electron chi connectivity index (χ0n) is 13.1. The molecule has 0 amide bonds. The van der Waals surface area contributed by atoms with E-state index in [0.29, 0.717) is 0 Å². The van der Waals surface area contributed by atoms with Gasteiger partial charge in [-0.2, -0.15) is 0 Å². The lowest BCUT2D eigenvalue weighted by atomic mass is 10.1. The first-order valence-electron chi connectivity index (χ1n) is 7.06. The molecule has 0 saturated heterocycles. The molecule has 0 aliphatic carbocycles. The fourth-order valence-corrected chi connectivity index (χ4v) is 2.35. The first-order chi connectivity index (χ1) is 9.93. The molecule has 5 nitrogen and oxygen atoms in total. The highest BCUT2D eigenvalue weighted by molar-refractivity contribution is 5.97. The Balaban J connectivity index is 2.52. The number of aromatic nitrogens is 1. The van der Waals surface area contributed by atoms with E-state index in [1.54, 1.807) is 18.6 Å². The molecule has 114 valence electrons. The van der Waals surface area contributed by atoms with Gasteiger partial charge in [0.15, 0.2) is 0 Å². The number of likely N-dealkylation sites (N-methyl/N-ethyl adjacent to an activating group) is 1. The first-order valence-corrected chi connectivity index (χ1v) is 7.06. The quantitative estimate of drug-likeness (QED) is 0.911. The van der Waals surface area contributed by atoms with Crippen molar-refractivity contribution < 1.29 is 9.53 Å². The predicted octanol–water partition coefficient (Wildman–Crippen LogP) is 1.74. The standard InChI is InChI=1S/C16H23N3O2/c1-11(17)16(20)19-10-12(7-8-18(2)3)14-6-5-13(21-4)9-15(14)19/h5-6,9-11H,7-8,17H2,1-4H3/t11-/m0/s1. The highest BCUT2D eigenvalue weighted by Crippen LogP contribution is 2.26. The van der Waals surface area contributed by atoms with E-state index in [0.717, 1.165) is 35.2 Å². The number of benzene rings is 1. The largest absolute Gasteiger partial charge is 0.497 e. The minimum Gasteiger partial charge on any atom is -0.497 e. The molecular formula is C16H23N3O2. The van der Waals surface area contributed by atoms with E-state index in [4.69, 9.17) is 10.5 Å². The van der Waals surface area contributed by atoms with Crippen LogP contribution < -0.4 is 10.5 Å². The van der Waals surface area contributed by atoms with Crippen LogP contribution in [0.15, 0.2) is 24.4 Å². The lowest BCUT2D eigenvalue weighted by Crippen LogP contribution is -2.31. The summed E-state index contributed by atoms with van der Waals surface area (Å²) >= 11 is 0. The summed E-state index contributed by atoms with van der Waals surface area (Å²) in [4.78, 5) is 14.4. The van der Waals surface area contributed by atoms with Gasteiger partial charge in [0, 0.05) is 24.2 Å². The van der Waals surface area contributed by atoms with Crippen LogP contribution in [0, 0.1) is 0 Å². The Morgan fingerprint density at radius 2 is 2.14 bits per heavy atom. The van der Waals surface area contributed by atoms with Crippen LogP contribution in [-0.4, -0.2) is 49.2 Å². The minimum absolute atomic E-state index is 0.107. The third kappa shape index (κ3) is 3.25. The topological polar surface area (TPSA) is 60.5 Å². The monoisotopic (exact) mass is 289 g/mol. The molecule has 0 aliphatic rings. The van der Waals surface area contributed by atoms with Crippen molar-refractivity contribution in [1.82, 2.24) is 9.47 Å². The van der Waals surface area contributed by atoms with Crippen LogP contribution in [-0.2, 0) is 6.42 Å². The van der Waals surface area contributed by atoms with E-state index >= 15 is 0 Å². The summed E-state index contributed by atoms with van der Waals surface area (Å²) in [5, 5.41) is 1.08. The lowest BCUT2D eigenvalue weighted by Gasteiger charge is -2.08. The molecule has 0 spiro atoms. The minimum atomic E-state index is -0.534. The number of nitrogens with two attached hydrogens (primary N) is 1. The smallest absolute Gasteiger partial charge is 0.247 e. The van der Waals surface area contributed by atoms with Crippen LogP contribution in [0.3, 0.4) is 0 Å². The maximum atomic E-state index is 12.3. The number of hydrogen-bond acceptors (Lipinski definition) is 4. The molecule has 5 heteroatoms. The maximum Gasteiger partial charge on any atom is 0.247 e. The molecule has 0 radical (unpaired) electrons. The summed E-state index contributed by atoms with van der Waals surface area (Å²) in [5.74, 6) is 0.628. The van der Waals surface area contributed by atoms with Crippen molar-refractivity contribution in [1.29, 1.82) is 0 Å². The zero-order valence-corrected chi connectivity index (χ0v) is 13.1. The van der Waals surface area contributed by atoms with Gasteiger partial charge >= 0.3 is 0 Å². The molecule has 0 unspecified atom stereocenters. The van der Waals surface area contributed by atoms with Crippen molar-refractivity contribution in [2.24, 2.45) is 5.73 Å². The first kappa shape index (κ1) is 15.5. The zero-order chi connectivity index (χ0) is 15.6. The van der Waals surface area contributed by atoms with Gasteiger partial charge in [0.1, 0.15) is 5.75 Å². The van der Waals surface area contributed by atoms with Crippen LogP contribution in [0.1, 0.15) is 17.3 Å². The van der Waals surface area contributed by atoms with Crippen molar-refractivity contribution in [3.63, 3.8) is 0 Å². The van der Waals surface area contributed by atoms with Crippen LogP contribution in [0.5, 0.6) is 5.75 Å². The highest BCUT2D eigenvalue weighted by Gasteiger charge is 2.17.